The van der Waals surface area contributed by atoms with E-state index in [1.807, 2.05) is 30.5 Å². The zero-order chi connectivity index (χ0) is 11.1. The summed E-state index contributed by atoms with van der Waals surface area (Å²) in [6.45, 7) is 0.796. The van der Waals surface area contributed by atoms with Crippen molar-refractivity contribution in [2.75, 3.05) is 0 Å². The van der Waals surface area contributed by atoms with Crippen molar-refractivity contribution in [2.24, 2.45) is 4.99 Å². The molecule has 16 heavy (non-hydrogen) atoms. The molecular formula is C12H8ClIN2. The van der Waals surface area contributed by atoms with Crippen LogP contribution in [0.4, 0.5) is 5.69 Å². The summed E-state index contributed by atoms with van der Waals surface area (Å²) in [6, 6.07) is 4.04. The Balaban J connectivity index is 2.17. The van der Waals surface area contributed by atoms with Gasteiger partial charge in [-0.15, -0.1) is 0 Å². The minimum Gasteiger partial charge on any atom is -0.328 e. The Morgan fingerprint density at radius 1 is 1.31 bits per heavy atom. The summed E-state index contributed by atoms with van der Waals surface area (Å²) in [5.41, 5.74) is 2.09. The third-order valence-corrected chi connectivity index (χ3v) is 3.58. The topological polar surface area (TPSA) is 15.6 Å². The van der Waals surface area contributed by atoms with Crippen molar-refractivity contribution in [3.05, 3.63) is 50.7 Å². The molecule has 2 aliphatic heterocycles. The molecule has 2 nitrogen and oxygen atoms in total. The summed E-state index contributed by atoms with van der Waals surface area (Å²) in [7, 11) is 0. The number of aliphatic imine (C=N–C) groups is 1. The second-order valence-electron chi connectivity index (χ2n) is 3.68. The average Bonchev–Trinajstić information content (AvgIpc) is 2.27. The molecule has 0 atom stereocenters. The minimum atomic E-state index is 0.796. The van der Waals surface area contributed by atoms with Gasteiger partial charge in [-0.1, -0.05) is 17.7 Å². The predicted molar refractivity (Wildman–Crippen MR) is 75.1 cm³/mol. The van der Waals surface area contributed by atoms with Crippen molar-refractivity contribution in [1.29, 1.82) is 0 Å². The first-order valence-corrected chi connectivity index (χ1v) is 6.38. The first-order chi connectivity index (χ1) is 7.74. The summed E-state index contributed by atoms with van der Waals surface area (Å²) < 4.78 is 1.12. The molecule has 80 valence electrons. The molecule has 0 unspecified atom stereocenters. The Kier molecular flexibility index (Phi) is 2.52. The van der Waals surface area contributed by atoms with Crippen LogP contribution in [0.2, 0.25) is 5.02 Å². The fourth-order valence-electron chi connectivity index (χ4n) is 1.84. The van der Waals surface area contributed by atoms with Gasteiger partial charge in [-0.3, -0.25) is 0 Å². The highest BCUT2D eigenvalue weighted by molar-refractivity contribution is 14.1. The van der Waals surface area contributed by atoms with E-state index in [0.717, 1.165) is 32.2 Å². The smallest absolute Gasteiger partial charge is 0.133 e. The maximum absolute atomic E-state index is 6.24. The van der Waals surface area contributed by atoms with E-state index >= 15 is 0 Å². The van der Waals surface area contributed by atoms with E-state index in [0.29, 0.717) is 0 Å². The van der Waals surface area contributed by atoms with Gasteiger partial charge in [-0.2, -0.15) is 0 Å². The fraction of sp³-hybridized carbons (Fsp3) is 0.0833. The van der Waals surface area contributed by atoms with E-state index in [2.05, 4.69) is 38.5 Å². The van der Waals surface area contributed by atoms with Gasteiger partial charge in [-0.05, 0) is 46.9 Å². The van der Waals surface area contributed by atoms with E-state index in [-0.39, 0.29) is 0 Å². The maximum Gasteiger partial charge on any atom is 0.133 e. The monoisotopic (exact) mass is 342 g/mol. The van der Waals surface area contributed by atoms with Gasteiger partial charge in [-0.25, -0.2) is 4.99 Å². The summed E-state index contributed by atoms with van der Waals surface area (Å²) in [6.07, 6.45) is 8.03. The molecule has 0 aliphatic carbocycles. The Morgan fingerprint density at radius 3 is 3.06 bits per heavy atom. The quantitative estimate of drug-likeness (QED) is 0.654. The van der Waals surface area contributed by atoms with Crippen molar-refractivity contribution >= 4 is 45.7 Å². The molecule has 0 saturated heterocycles. The van der Waals surface area contributed by atoms with Gasteiger partial charge in [0.1, 0.15) is 5.84 Å². The fourth-order valence-corrected chi connectivity index (χ4v) is 2.91. The molecule has 1 aromatic carbocycles. The summed E-state index contributed by atoms with van der Waals surface area (Å²) >= 11 is 8.50. The van der Waals surface area contributed by atoms with E-state index in [4.69, 9.17) is 11.6 Å². The lowest BCUT2D eigenvalue weighted by Gasteiger charge is -2.28. The van der Waals surface area contributed by atoms with Crippen LogP contribution < -0.4 is 0 Å². The second-order valence-corrected chi connectivity index (χ2v) is 5.34. The van der Waals surface area contributed by atoms with Crippen LogP contribution in [0.15, 0.2) is 41.6 Å². The lowest BCUT2D eigenvalue weighted by atomic mass is 10.1. The number of fused-ring (bicyclic) bond motifs is 2. The minimum absolute atomic E-state index is 0.796. The second kappa shape index (κ2) is 3.89. The molecule has 2 heterocycles. The molecule has 0 spiro atoms. The lowest BCUT2D eigenvalue weighted by Crippen LogP contribution is -2.27. The Labute approximate surface area is 112 Å². The third kappa shape index (κ3) is 1.68. The summed E-state index contributed by atoms with van der Waals surface area (Å²) in [5, 5.41) is 0.799. The highest BCUT2D eigenvalue weighted by Crippen LogP contribution is 2.34. The van der Waals surface area contributed by atoms with E-state index in [1.54, 1.807) is 0 Å². The van der Waals surface area contributed by atoms with Gasteiger partial charge < -0.3 is 4.90 Å². The number of allylic oxidation sites excluding steroid dienone is 2. The normalized spacial score (nSPS) is 16.9. The van der Waals surface area contributed by atoms with Gasteiger partial charge in [0.15, 0.2) is 0 Å². The summed E-state index contributed by atoms with van der Waals surface area (Å²) in [5.74, 6) is 0.980. The molecule has 0 fully saturated rings. The molecule has 4 heteroatoms. The third-order valence-electron chi connectivity index (χ3n) is 2.62. The number of amidine groups is 1. The summed E-state index contributed by atoms with van der Waals surface area (Å²) in [4.78, 5) is 6.70. The molecule has 3 rings (SSSR count). The van der Waals surface area contributed by atoms with Crippen molar-refractivity contribution in [2.45, 2.75) is 6.54 Å². The van der Waals surface area contributed by atoms with E-state index in [9.17, 15) is 0 Å². The lowest BCUT2D eigenvalue weighted by molar-refractivity contribution is 0.544. The van der Waals surface area contributed by atoms with Crippen molar-refractivity contribution in [3.63, 3.8) is 0 Å². The number of benzene rings is 1. The molecule has 0 aromatic heterocycles. The average molecular weight is 343 g/mol. The zero-order valence-corrected chi connectivity index (χ0v) is 11.2. The number of rotatable bonds is 0. The first kappa shape index (κ1) is 10.4. The van der Waals surface area contributed by atoms with Crippen molar-refractivity contribution < 1.29 is 0 Å². The standard InChI is InChI=1S/C12H8ClIN2/c13-10-5-8(14)6-11-9(10)7-16-4-2-1-3-12(16)15-11/h1-6H,7H2. The zero-order valence-electron chi connectivity index (χ0n) is 8.32. The Bertz CT molecular complexity index is 546. The van der Waals surface area contributed by atoms with Gasteiger partial charge in [0.05, 0.1) is 12.2 Å². The van der Waals surface area contributed by atoms with Crippen LogP contribution >= 0.6 is 34.2 Å². The predicted octanol–water partition coefficient (Wildman–Crippen LogP) is 3.87. The largest absolute Gasteiger partial charge is 0.328 e. The number of halogens is 2. The first-order valence-electron chi connectivity index (χ1n) is 4.92. The van der Waals surface area contributed by atoms with Crippen LogP contribution in [-0.2, 0) is 6.54 Å². The molecule has 1 aromatic rings. The molecule has 0 bridgehead atoms. The van der Waals surface area contributed by atoms with Crippen LogP contribution in [0.3, 0.4) is 0 Å². The number of hydrogen-bond donors (Lipinski definition) is 0. The van der Waals surface area contributed by atoms with E-state index < -0.39 is 0 Å². The Morgan fingerprint density at radius 2 is 2.19 bits per heavy atom. The van der Waals surface area contributed by atoms with Gasteiger partial charge >= 0.3 is 0 Å². The highest BCUT2D eigenvalue weighted by atomic mass is 127. The highest BCUT2D eigenvalue weighted by Gasteiger charge is 2.20. The van der Waals surface area contributed by atoms with Crippen LogP contribution in [0.25, 0.3) is 0 Å². The van der Waals surface area contributed by atoms with Crippen molar-refractivity contribution in [1.82, 2.24) is 4.90 Å². The van der Waals surface area contributed by atoms with Crippen LogP contribution in [-0.4, -0.2) is 10.7 Å². The SMILES string of the molecule is Clc1cc(I)cc2c1CN1C=CC=CC1=N2. The molecule has 2 aliphatic rings. The van der Waals surface area contributed by atoms with Gasteiger partial charge in [0, 0.05) is 20.4 Å². The van der Waals surface area contributed by atoms with Crippen LogP contribution in [0.1, 0.15) is 5.56 Å². The van der Waals surface area contributed by atoms with E-state index in [1.165, 1.54) is 0 Å². The number of hydrogen-bond acceptors (Lipinski definition) is 2. The van der Waals surface area contributed by atoms with Gasteiger partial charge in [0.25, 0.3) is 0 Å². The van der Waals surface area contributed by atoms with Crippen LogP contribution in [0.5, 0.6) is 0 Å². The molecule has 0 radical (unpaired) electrons. The molecule has 0 saturated carbocycles. The molecular weight excluding hydrogens is 335 g/mol. The van der Waals surface area contributed by atoms with Crippen molar-refractivity contribution in [3.8, 4) is 0 Å². The Hall–Kier alpha value is -0.810. The van der Waals surface area contributed by atoms with Gasteiger partial charge in [0.2, 0.25) is 0 Å². The molecule has 0 amide bonds. The number of nitrogens with zero attached hydrogens (tertiary/aromatic N) is 2. The molecule has 0 N–H and O–H groups in total. The van der Waals surface area contributed by atoms with Crippen LogP contribution in [0, 0.1) is 3.57 Å². The maximum atomic E-state index is 6.24.